The molecule has 4 N–H and O–H groups in total. The highest BCUT2D eigenvalue weighted by Gasteiger charge is 2.33. The van der Waals surface area contributed by atoms with Crippen LogP contribution in [0.25, 0.3) is 0 Å². The molecule has 0 spiro atoms. The summed E-state index contributed by atoms with van der Waals surface area (Å²) in [6.45, 7) is 7.20. The molecule has 1 radical (unpaired) electrons. The van der Waals surface area contributed by atoms with Crippen molar-refractivity contribution in [1.29, 1.82) is 0 Å². The number of carbonyl (C=O) groups is 3. The fraction of sp³-hybridized carbons (Fsp3) is 0.471. The minimum atomic E-state index is -0.745. The van der Waals surface area contributed by atoms with Crippen LogP contribution in [-0.2, 0) is 14.4 Å². The maximum Gasteiger partial charge on any atom is 0.247 e. The molecule has 1 aromatic rings. The largest absolute Gasteiger partial charge is 0.369 e. The van der Waals surface area contributed by atoms with Gasteiger partial charge in [0.2, 0.25) is 17.7 Å². The van der Waals surface area contributed by atoms with E-state index in [0.717, 1.165) is 0 Å². The summed E-state index contributed by atoms with van der Waals surface area (Å²) < 4.78 is 0. The van der Waals surface area contributed by atoms with E-state index >= 15 is 0 Å². The molecule has 0 bridgehead atoms. The summed E-state index contributed by atoms with van der Waals surface area (Å²) in [5.41, 5.74) is 5.22. The molecule has 131 valence electrons. The molecule has 0 saturated carbocycles. The van der Waals surface area contributed by atoms with Gasteiger partial charge in [-0.15, -0.1) is 0 Å². The number of carbonyl (C=O) groups excluding carboxylic acids is 3. The molecule has 7 heteroatoms. The van der Waals surface area contributed by atoms with Crippen LogP contribution >= 0.6 is 0 Å². The van der Waals surface area contributed by atoms with Gasteiger partial charge in [0.1, 0.15) is 6.04 Å². The second-order valence-electron chi connectivity index (χ2n) is 6.78. The van der Waals surface area contributed by atoms with Crippen molar-refractivity contribution in [2.45, 2.75) is 40.2 Å². The molecule has 0 aliphatic carbocycles. The lowest BCUT2D eigenvalue weighted by atomic mass is 9.86. The fourth-order valence-electron chi connectivity index (χ4n) is 1.93. The van der Waals surface area contributed by atoms with Gasteiger partial charge in [-0.1, -0.05) is 27.7 Å². The number of nitrogens with zero attached hydrogens (tertiary/aromatic N) is 1. The lowest BCUT2D eigenvalue weighted by Gasteiger charge is -2.30. The summed E-state index contributed by atoms with van der Waals surface area (Å²) in [5.74, 6) is -1.65. The number of aromatic nitrogens is 1. The number of hydrogen-bond donors (Lipinski definition) is 3. The monoisotopic (exact) mass is 333 g/mol. The van der Waals surface area contributed by atoms with Crippen molar-refractivity contribution < 1.29 is 14.4 Å². The second-order valence-corrected chi connectivity index (χ2v) is 6.78. The normalized spacial score (nSPS) is 13.7. The number of pyridine rings is 1. The molecule has 2 atom stereocenters. The van der Waals surface area contributed by atoms with Gasteiger partial charge in [0.15, 0.2) is 0 Å². The van der Waals surface area contributed by atoms with Crippen LogP contribution in [0.1, 0.15) is 34.1 Å². The van der Waals surface area contributed by atoms with E-state index < -0.39 is 29.2 Å². The quantitative estimate of drug-likeness (QED) is 0.697. The van der Waals surface area contributed by atoms with Gasteiger partial charge in [0.25, 0.3) is 0 Å². The summed E-state index contributed by atoms with van der Waals surface area (Å²) >= 11 is 0. The van der Waals surface area contributed by atoms with E-state index in [9.17, 15) is 14.4 Å². The zero-order valence-corrected chi connectivity index (χ0v) is 14.5. The Bertz CT molecular complexity index is 581. The Labute approximate surface area is 142 Å². The van der Waals surface area contributed by atoms with E-state index in [2.05, 4.69) is 15.6 Å². The predicted molar refractivity (Wildman–Crippen MR) is 91.5 cm³/mol. The Hall–Kier alpha value is -2.44. The Morgan fingerprint density at radius 3 is 2.50 bits per heavy atom. The first-order chi connectivity index (χ1) is 11.1. The van der Waals surface area contributed by atoms with Crippen molar-refractivity contribution in [3.05, 3.63) is 30.9 Å². The van der Waals surface area contributed by atoms with Crippen LogP contribution in [0.4, 0.5) is 5.69 Å². The van der Waals surface area contributed by atoms with Crippen LogP contribution in [0.2, 0.25) is 0 Å². The third-order valence-electron chi connectivity index (χ3n) is 3.49. The van der Waals surface area contributed by atoms with Crippen molar-refractivity contribution in [3.63, 3.8) is 0 Å². The van der Waals surface area contributed by atoms with E-state index in [4.69, 9.17) is 5.73 Å². The van der Waals surface area contributed by atoms with E-state index in [1.165, 1.54) is 12.6 Å². The number of nitrogens with one attached hydrogen (secondary N) is 2. The van der Waals surface area contributed by atoms with Crippen LogP contribution in [0.3, 0.4) is 0 Å². The van der Waals surface area contributed by atoms with Gasteiger partial charge >= 0.3 is 0 Å². The first-order valence-electron chi connectivity index (χ1n) is 7.75. The van der Waals surface area contributed by atoms with Gasteiger partial charge in [0, 0.05) is 12.1 Å². The highest BCUT2D eigenvalue weighted by Crippen LogP contribution is 2.21. The van der Waals surface area contributed by atoms with Gasteiger partial charge in [-0.25, -0.2) is 0 Å². The van der Waals surface area contributed by atoms with Crippen molar-refractivity contribution in [2.75, 3.05) is 5.32 Å². The fourth-order valence-corrected chi connectivity index (χ4v) is 1.93. The van der Waals surface area contributed by atoms with Crippen LogP contribution in [0.15, 0.2) is 24.5 Å². The molecule has 0 aliphatic heterocycles. The minimum Gasteiger partial charge on any atom is -0.369 e. The van der Waals surface area contributed by atoms with Crippen LogP contribution < -0.4 is 16.4 Å². The zero-order valence-electron chi connectivity index (χ0n) is 14.5. The summed E-state index contributed by atoms with van der Waals surface area (Å²) in [5, 5.41) is 5.43. The molecular weight excluding hydrogens is 308 g/mol. The molecule has 0 aromatic carbocycles. The molecule has 1 heterocycles. The molecule has 0 saturated heterocycles. The molecule has 7 nitrogen and oxygen atoms in total. The Kier molecular flexibility index (Phi) is 6.88. The molecule has 1 rings (SSSR count). The zero-order chi connectivity index (χ0) is 18.3. The summed E-state index contributed by atoms with van der Waals surface area (Å²) in [7, 11) is 0. The maximum absolute atomic E-state index is 12.5. The van der Waals surface area contributed by atoms with Gasteiger partial charge in [0.05, 0.1) is 18.3 Å². The van der Waals surface area contributed by atoms with E-state index in [1.54, 1.807) is 25.3 Å². The molecule has 0 aliphatic rings. The molecule has 1 unspecified atom stereocenters. The molecular formula is C17H25N4O3. The SMILES string of the molecule is CC(C[CH]C(=O)N[C@H](C(=O)Nc1cccnc1)C(C)(C)C)C(N)=O. The summed E-state index contributed by atoms with van der Waals surface area (Å²) in [4.78, 5) is 39.5. The van der Waals surface area contributed by atoms with Crippen molar-refractivity contribution in [3.8, 4) is 0 Å². The van der Waals surface area contributed by atoms with Gasteiger partial charge < -0.3 is 16.4 Å². The lowest BCUT2D eigenvalue weighted by Crippen LogP contribution is -2.51. The van der Waals surface area contributed by atoms with E-state index in [1.807, 2.05) is 20.8 Å². The maximum atomic E-state index is 12.5. The molecule has 0 fully saturated rings. The third kappa shape index (κ3) is 6.36. The first kappa shape index (κ1) is 19.6. The highest BCUT2D eigenvalue weighted by atomic mass is 16.2. The van der Waals surface area contributed by atoms with Crippen LogP contribution in [0, 0.1) is 17.8 Å². The van der Waals surface area contributed by atoms with Gasteiger partial charge in [-0.2, -0.15) is 0 Å². The van der Waals surface area contributed by atoms with Crippen molar-refractivity contribution in [2.24, 2.45) is 17.1 Å². The predicted octanol–water partition coefficient (Wildman–Crippen LogP) is 1.27. The van der Waals surface area contributed by atoms with E-state index in [-0.39, 0.29) is 12.3 Å². The van der Waals surface area contributed by atoms with E-state index in [0.29, 0.717) is 5.69 Å². The number of nitrogens with two attached hydrogens (primary N) is 1. The van der Waals surface area contributed by atoms with Gasteiger partial charge in [-0.3, -0.25) is 19.4 Å². The molecule has 1 aromatic heterocycles. The topological polar surface area (TPSA) is 114 Å². The lowest BCUT2D eigenvalue weighted by molar-refractivity contribution is -0.127. The smallest absolute Gasteiger partial charge is 0.247 e. The summed E-state index contributed by atoms with van der Waals surface area (Å²) in [6, 6.07) is 2.68. The number of anilines is 1. The third-order valence-corrected chi connectivity index (χ3v) is 3.49. The van der Waals surface area contributed by atoms with Crippen molar-refractivity contribution >= 4 is 23.4 Å². The van der Waals surface area contributed by atoms with Crippen molar-refractivity contribution in [1.82, 2.24) is 10.3 Å². The second kappa shape index (κ2) is 8.42. The van der Waals surface area contributed by atoms with Crippen LogP contribution in [-0.4, -0.2) is 28.7 Å². The standard InChI is InChI=1S/C17H25N4O3/c1-11(15(18)23)7-8-13(22)21-14(17(2,3)4)16(24)20-12-6-5-9-19-10-12/h5-6,8-11,14H,7H2,1-4H3,(H2,18,23)(H,20,24)(H,21,22)/t11?,14-/m1/s1. The summed E-state index contributed by atoms with van der Waals surface area (Å²) in [6.07, 6.45) is 4.70. The molecule has 24 heavy (non-hydrogen) atoms. The minimum absolute atomic E-state index is 0.224. The first-order valence-corrected chi connectivity index (χ1v) is 7.75. The highest BCUT2D eigenvalue weighted by molar-refractivity contribution is 5.98. The number of amides is 3. The average Bonchev–Trinajstić information content (AvgIpc) is 2.49. The number of primary amides is 1. The Balaban J connectivity index is 2.70. The van der Waals surface area contributed by atoms with Crippen LogP contribution in [0.5, 0.6) is 0 Å². The Morgan fingerprint density at radius 1 is 1.33 bits per heavy atom. The Morgan fingerprint density at radius 2 is 2.00 bits per heavy atom. The van der Waals surface area contributed by atoms with Gasteiger partial charge in [-0.05, 0) is 24.0 Å². The number of hydrogen-bond acceptors (Lipinski definition) is 4. The average molecular weight is 333 g/mol. The molecule has 3 amide bonds. The number of rotatable bonds is 7.